The smallest absolute Gasteiger partial charge is 0.229 e. The molecule has 1 unspecified atom stereocenters. The Morgan fingerprint density at radius 3 is 2.14 bits per heavy atom. The number of hydrogen-bond donors (Lipinski definition) is 0. The molecule has 1 aliphatic heterocycles. The van der Waals surface area contributed by atoms with Crippen LogP contribution in [0.3, 0.4) is 0 Å². The monoisotopic (exact) mass is 357 g/mol. The number of carbonyl (C=O) groups excluding carboxylic acids is 2. The molecule has 1 saturated heterocycles. The van der Waals surface area contributed by atoms with Crippen LogP contribution in [0, 0.1) is 0 Å². The molecule has 1 atom stereocenters. The molecular formula is C18H16BrNO2. The van der Waals surface area contributed by atoms with Crippen LogP contribution >= 0.6 is 15.9 Å². The number of amides is 2. The summed E-state index contributed by atoms with van der Waals surface area (Å²) < 4.78 is 1.05. The first-order valence-electron chi connectivity index (χ1n) is 7.25. The van der Waals surface area contributed by atoms with Crippen LogP contribution < -0.4 is 0 Å². The maximum atomic E-state index is 11.8. The first-order chi connectivity index (χ1) is 10.6. The molecule has 2 amide bonds. The molecule has 22 heavy (non-hydrogen) atoms. The second-order valence-corrected chi connectivity index (χ2v) is 6.38. The molecule has 2 aromatic carbocycles. The summed E-state index contributed by atoms with van der Waals surface area (Å²) in [5.74, 6) is -0.251. The molecule has 0 bridgehead atoms. The fourth-order valence-electron chi connectivity index (χ4n) is 2.93. The zero-order chi connectivity index (χ0) is 15.7. The summed E-state index contributed by atoms with van der Waals surface area (Å²) >= 11 is 3.43. The summed E-state index contributed by atoms with van der Waals surface area (Å²) in [6.07, 6.45) is 1.15. The fraction of sp³-hybridized carbons (Fsp3) is 0.222. The number of rotatable bonds is 2. The first-order valence-corrected chi connectivity index (χ1v) is 8.04. The molecular weight excluding hydrogens is 342 g/mol. The van der Waals surface area contributed by atoms with Gasteiger partial charge in [0.2, 0.25) is 11.8 Å². The van der Waals surface area contributed by atoms with Gasteiger partial charge in [0.15, 0.2) is 0 Å². The molecule has 0 aliphatic carbocycles. The van der Waals surface area contributed by atoms with Gasteiger partial charge >= 0.3 is 0 Å². The van der Waals surface area contributed by atoms with Crippen molar-refractivity contribution >= 4 is 27.7 Å². The van der Waals surface area contributed by atoms with Crippen molar-refractivity contribution in [3.63, 3.8) is 0 Å². The lowest BCUT2D eigenvalue weighted by atomic mass is 9.99. The number of hydrogen-bond acceptors (Lipinski definition) is 2. The van der Waals surface area contributed by atoms with Gasteiger partial charge in [-0.25, -0.2) is 0 Å². The maximum absolute atomic E-state index is 11.8. The van der Waals surface area contributed by atoms with E-state index in [2.05, 4.69) is 28.1 Å². The molecule has 0 N–H and O–H groups in total. The van der Waals surface area contributed by atoms with Gasteiger partial charge in [-0.3, -0.25) is 14.5 Å². The Hall–Kier alpha value is -1.94. The Labute approximate surface area is 138 Å². The molecule has 1 aliphatic rings. The van der Waals surface area contributed by atoms with Crippen LogP contribution in [0.4, 0.5) is 0 Å². The fourth-order valence-corrected chi connectivity index (χ4v) is 3.20. The molecule has 3 nitrogen and oxygen atoms in total. The van der Waals surface area contributed by atoms with Gasteiger partial charge in [0.05, 0.1) is 6.04 Å². The summed E-state index contributed by atoms with van der Waals surface area (Å²) in [7, 11) is 0. The van der Waals surface area contributed by atoms with Crippen molar-refractivity contribution < 1.29 is 9.59 Å². The lowest BCUT2D eigenvalue weighted by Crippen LogP contribution is -2.32. The van der Waals surface area contributed by atoms with Gasteiger partial charge in [-0.1, -0.05) is 52.3 Å². The molecule has 1 fully saturated rings. The van der Waals surface area contributed by atoms with E-state index in [1.807, 2.05) is 36.4 Å². The van der Waals surface area contributed by atoms with Crippen molar-refractivity contribution in [1.82, 2.24) is 4.90 Å². The molecule has 0 saturated carbocycles. The van der Waals surface area contributed by atoms with Crippen molar-refractivity contribution in [2.24, 2.45) is 0 Å². The van der Waals surface area contributed by atoms with Gasteiger partial charge in [-0.05, 0) is 35.2 Å². The molecule has 112 valence electrons. The lowest BCUT2D eigenvalue weighted by Gasteiger charge is -2.22. The third-order valence-electron chi connectivity index (χ3n) is 4.02. The summed E-state index contributed by atoms with van der Waals surface area (Å²) in [6, 6.07) is 16.1. The van der Waals surface area contributed by atoms with E-state index in [1.54, 1.807) is 0 Å². The van der Waals surface area contributed by atoms with Crippen LogP contribution in [0.1, 0.15) is 31.4 Å². The molecule has 0 radical (unpaired) electrons. The number of nitrogens with zero attached hydrogens (tertiary/aromatic N) is 1. The van der Waals surface area contributed by atoms with E-state index in [4.69, 9.17) is 0 Å². The van der Waals surface area contributed by atoms with Crippen molar-refractivity contribution in [1.29, 1.82) is 0 Å². The Kier molecular flexibility index (Phi) is 4.12. The molecule has 0 spiro atoms. The average molecular weight is 358 g/mol. The van der Waals surface area contributed by atoms with Gasteiger partial charge in [0.25, 0.3) is 0 Å². The van der Waals surface area contributed by atoms with Gasteiger partial charge < -0.3 is 0 Å². The number of likely N-dealkylation sites (tertiary alicyclic amines) is 1. The van der Waals surface area contributed by atoms with Crippen molar-refractivity contribution in [3.8, 4) is 11.1 Å². The SMILES string of the molecule is CC(=O)N1C(=O)CCC1c1ccc(-c2ccc(Br)cc2)cc1. The Bertz CT molecular complexity index is 707. The maximum Gasteiger partial charge on any atom is 0.229 e. The molecule has 0 aromatic heterocycles. The Balaban J connectivity index is 1.87. The second-order valence-electron chi connectivity index (χ2n) is 5.47. The van der Waals surface area contributed by atoms with E-state index in [-0.39, 0.29) is 17.9 Å². The van der Waals surface area contributed by atoms with Crippen molar-refractivity contribution in [3.05, 3.63) is 58.6 Å². The van der Waals surface area contributed by atoms with Crippen LogP contribution in [0.25, 0.3) is 11.1 Å². The average Bonchev–Trinajstić information content (AvgIpc) is 2.90. The quantitative estimate of drug-likeness (QED) is 0.802. The van der Waals surface area contributed by atoms with Gasteiger partial charge in [0.1, 0.15) is 0 Å². The zero-order valence-electron chi connectivity index (χ0n) is 12.3. The number of carbonyl (C=O) groups is 2. The van der Waals surface area contributed by atoms with E-state index < -0.39 is 0 Å². The van der Waals surface area contributed by atoms with Crippen LogP contribution in [0.2, 0.25) is 0 Å². The van der Waals surface area contributed by atoms with E-state index in [1.165, 1.54) is 11.8 Å². The highest BCUT2D eigenvalue weighted by Gasteiger charge is 2.34. The number of imide groups is 1. The number of halogens is 1. The third-order valence-corrected chi connectivity index (χ3v) is 4.55. The van der Waals surface area contributed by atoms with Crippen molar-refractivity contribution in [2.75, 3.05) is 0 Å². The largest absolute Gasteiger partial charge is 0.275 e. The second kappa shape index (κ2) is 6.05. The Morgan fingerprint density at radius 1 is 1.05 bits per heavy atom. The summed E-state index contributed by atoms with van der Waals surface area (Å²) in [6.45, 7) is 1.45. The Morgan fingerprint density at radius 2 is 1.59 bits per heavy atom. The zero-order valence-corrected chi connectivity index (χ0v) is 13.8. The van der Waals surface area contributed by atoms with Crippen LogP contribution in [-0.4, -0.2) is 16.7 Å². The van der Waals surface area contributed by atoms with Gasteiger partial charge in [0, 0.05) is 17.8 Å². The lowest BCUT2D eigenvalue weighted by molar-refractivity contribution is -0.142. The van der Waals surface area contributed by atoms with Crippen LogP contribution in [-0.2, 0) is 9.59 Å². The van der Waals surface area contributed by atoms with Gasteiger partial charge in [-0.2, -0.15) is 0 Å². The highest BCUT2D eigenvalue weighted by Crippen LogP contribution is 2.34. The first kappa shape index (κ1) is 15.0. The molecule has 3 rings (SSSR count). The highest BCUT2D eigenvalue weighted by molar-refractivity contribution is 9.10. The highest BCUT2D eigenvalue weighted by atomic mass is 79.9. The van der Waals surface area contributed by atoms with E-state index in [0.717, 1.165) is 21.2 Å². The van der Waals surface area contributed by atoms with E-state index >= 15 is 0 Å². The number of benzene rings is 2. The predicted octanol–water partition coefficient (Wildman–Crippen LogP) is 4.33. The third kappa shape index (κ3) is 2.83. The summed E-state index contributed by atoms with van der Waals surface area (Å²) in [5, 5.41) is 0. The summed E-state index contributed by atoms with van der Waals surface area (Å²) in [4.78, 5) is 24.9. The minimum atomic E-state index is -0.176. The standard InChI is InChI=1S/C18H16BrNO2/c1-12(21)20-17(10-11-18(20)22)15-4-2-13(3-5-15)14-6-8-16(19)9-7-14/h2-9,17H,10-11H2,1H3. The van der Waals surface area contributed by atoms with Crippen molar-refractivity contribution in [2.45, 2.75) is 25.8 Å². The van der Waals surface area contributed by atoms with Gasteiger partial charge in [-0.15, -0.1) is 0 Å². The molecule has 2 aromatic rings. The normalized spacial score (nSPS) is 17.8. The minimum Gasteiger partial charge on any atom is -0.275 e. The van der Waals surface area contributed by atoms with E-state index in [9.17, 15) is 9.59 Å². The topological polar surface area (TPSA) is 37.4 Å². The predicted molar refractivity (Wildman–Crippen MR) is 89.1 cm³/mol. The summed E-state index contributed by atoms with van der Waals surface area (Å²) in [5.41, 5.74) is 3.28. The molecule has 1 heterocycles. The van der Waals surface area contributed by atoms with Crippen LogP contribution in [0.15, 0.2) is 53.0 Å². The van der Waals surface area contributed by atoms with Crippen LogP contribution in [0.5, 0.6) is 0 Å². The minimum absolute atomic E-state index is 0.0745. The molecule has 4 heteroatoms. The van der Waals surface area contributed by atoms with E-state index in [0.29, 0.717) is 12.8 Å².